The molecule has 2 aromatic carbocycles. The van der Waals surface area contributed by atoms with Crippen LogP contribution in [0.2, 0.25) is 0 Å². The molecule has 0 bridgehead atoms. The fourth-order valence-corrected chi connectivity index (χ4v) is 4.06. The van der Waals surface area contributed by atoms with Gasteiger partial charge >= 0.3 is 0 Å². The zero-order valence-corrected chi connectivity index (χ0v) is 15.2. The molecule has 0 amide bonds. The quantitative estimate of drug-likeness (QED) is 0.865. The third kappa shape index (κ3) is 3.56. The molecule has 0 aromatic heterocycles. The van der Waals surface area contributed by atoms with Gasteiger partial charge in [-0.3, -0.25) is 4.72 Å². The molecular formula is C17H21NO5S. The summed E-state index contributed by atoms with van der Waals surface area (Å²) in [5.41, 5.74) is 1.51. The topological polar surface area (TPSA) is 73.9 Å². The molecule has 0 aliphatic heterocycles. The van der Waals surface area contributed by atoms with E-state index in [1.807, 2.05) is 0 Å². The van der Waals surface area contributed by atoms with Gasteiger partial charge in [0, 0.05) is 6.07 Å². The molecular weight excluding hydrogens is 330 g/mol. The molecule has 0 unspecified atom stereocenters. The number of benzene rings is 2. The van der Waals surface area contributed by atoms with Crippen LogP contribution in [-0.4, -0.2) is 29.7 Å². The van der Waals surface area contributed by atoms with E-state index in [9.17, 15) is 8.42 Å². The molecule has 2 rings (SSSR count). The van der Waals surface area contributed by atoms with Crippen molar-refractivity contribution in [1.29, 1.82) is 0 Å². The molecule has 130 valence electrons. The zero-order valence-electron chi connectivity index (χ0n) is 14.3. The van der Waals surface area contributed by atoms with E-state index in [1.54, 1.807) is 51.3 Å². The summed E-state index contributed by atoms with van der Waals surface area (Å²) in [5.74, 6) is 1.54. The zero-order chi connectivity index (χ0) is 17.9. The van der Waals surface area contributed by atoms with E-state index >= 15 is 0 Å². The maximum Gasteiger partial charge on any atom is 0.262 e. The normalized spacial score (nSPS) is 11.0. The Balaban J connectivity index is 2.50. The maximum atomic E-state index is 12.9. The third-order valence-electron chi connectivity index (χ3n) is 3.59. The molecule has 0 saturated carbocycles. The summed E-state index contributed by atoms with van der Waals surface area (Å²) in [6.07, 6.45) is 0. The standard InChI is InChI=1S/C17H21NO5S/c1-11-8-14(22-4)9-12(2)17(11)24(19,20)18-15-10-13(21-3)6-7-16(15)23-5/h6-10,18H,1-5H3. The second kappa shape index (κ2) is 7.00. The van der Waals surface area contributed by atoms with Crippen LogP contribution in [0.4, 0.5) is 5.69 Å². The van der Waals surface area contributed by atoms with Crippen molar-refractivity contribution in [1.82, 2.24) is 0 Å². The molecule has 2 aromatic rings. The van der Waals surface area contributed by atoms with Crippen LogP contribution < -0.4 is 18.9 Å². The molecule has 0 aliphatic rings. The van der Waals surface area contributed by atoms with Gasteiger partial charge in [0.1, 0.15) is 17.2 Å². The highest BCUT2D eigenvalue weighted by atomic mass is 32.2. The smallest absolute Gasteiger partial charge is 0.262 e. The van der Waals surface area contributed by atoms with Crippen molar-refractivity contribution in [2.45, 2.75) is 18.7 Å². The van der Waals surface area contributed by atoms with Gasteiger partial charge in [-0.1, -0.05) is 0 Å². The van der Waals surface area contributed by atoms with Crippen molar-refractivity contribution < 1.29 is 22.6 Å². The number of sulfonamides is 1. The van der Waals surface area contributed by atoms with Gasteiger partial charge in [0.15, 0.2) is 0 Å². The molecule has 0 heterocycles. The van der Waals surface area contributed by atoms with Gasteiger partial charge in [0.05, 0.1) is 31.9 Å². The second-order valence-corrected chi connectivity index (χ2v) is 6.88. The first-order valence-electron chi connectivity index (χ1n) is 7.22. The summed E-state index contributed by atoms with van der Waals surface area (Å²) in [7, 11) is 0.733. The molecule has 6 nitrogen and oxygen atoms in total. The highest BCUT2D eigenvalue weighted by Crippen LogP contribution is 2.33. The number of nitrogens with one attached hydrogen (secondary N) is 1. The van der Waals surface area contributed by atoms with Crippen molar-refractivity contribution in [2.75, 3.05) is 26.1 Å². The number of methoxy groups -OCH3 is 3. The highest BCUT2D eigenvalue weighted by molar-refractivity contribution is 7.92. The van der Waals surface area contributed by atoms with E-state index < -0.39 is 10.0 Å². The first kappa shape index (κ1) is 17.9. The molecule has 0 spiro atoms. The van der Waals surface area contributed by atoms with Crippen LogP contribution in [0.15, 0.2) is 35.2 Å². The van der Waals surface area contributed by atoms with E-state index in [0.717, 1.165) is 0 Å². The minimum atomic E-state index is -3.80. The van der Waals surface area contributed by atoms with Crippen LogP contribution in [0.1, 0.15) is 11.1 Å². The molecule has 0 radical (unpaired) electrons. The van der Waals surface area contributed by atoms with Crippen molar-refractivity contribution in [3.05, 3.63) is 41.5 Å². The fourth-order valence-electron chi connectivity index (χ4n) is 2.54. The summed E-state index contributed by atoms with van der Waals surface area (Å²) in [4.78, 5) is 0.216. The lowest BCUT2D eigenvalue weighted by molar-refractivity contribution is 0.405. The van der Waals surface area contributed by atoms with Crippen LogP contribution in [0.5, 0.6) is 17.2 Å². The molecule has 7 heteroatoms. The Labute approximate surface area is 142 Å². The molecule has 0 saturated heterocycles. The number of anilines is 1. The number of hydrogen-bond donors (Lipinski definition) is 1. The fraction of sp³-hybridized carbons (Fsp3) is 0.294. The Morgan fingerprint density at radius 3 is 1.92 bits per heavy atom. The lowest BCUT2D eigenvalue weighted by atomic mass is 10.1. The minimum Gasteiger partial charge on any atom is -0.497 e. The van der Waals surface area contributed by atoms with Crippen LogP contribution in [0, 0.1) is 13.8 Å². The van der Waals surface area contributed by atoms with Gasteiger partial charge in [-0.15, -0.1) is 0 Å². The average molecular weight is 351 g/mol. The number of hydrogen-bond acceptors (Lipinski definition) is 5. The molecule has 0 atom stereocenters. The van der Waals surface area contributed by atoms with Crippen LogP contribution in [0.25, 0.3) is 0 Å². The Hall–Kier alpha value is -2.41. The predicted octanol–water partition coefficient (Wildman–Crippen LogP) is 3.13. The van der Waals surface area contributed by atoms with Crippen molar-refractivity contribution >= 4 is 15.7 Å². The third-order valence-corrected chi connectivity index (χ3v) is 5.26. The summed E-state index contributed by atoms with van der Waals surface area (Å²) < 4.78 is 43.8. The maximum absolute atomic E-state index is 12.9. The van der Waals surface area contributed by atoms with Gasteiger partial charge in [-0.2, -0.15) is 0 Å². The van der Waals surface area contributed by atoms with Gasteiger partial charge in [-0.05, 0) is 49.2 Å². The van der Waals surface area contributed by atoms with E-state index in [1.165, 1.54) is 14.2 Å². The van der Waals surface area contributed by atoms with E-state index in [2.05, 4.69) is 4.72 Å². The van der Waals surface area contributed by atoms with Crippen molar-refractivity contribution in [3.8, 4) is 17.2 Å². The molecule has 1 N–H and O–H groups in total. The van der Waals surface area contributed by atoms with E-state index in [-0.39, 0.29) is 4.90 Å². The van der Waals surface area contributed by atoms with Crippen molar-refractivity contribution in [2.24, 2.45) is 0 Å². The molecule has 24 heavy (non-hydrogen) atoms. The highest BCUT2D eigenvalue weighted by Gasteiger charge is 2.22. The monoisotopic (exact) mass is 351 g/mol. The molecule has 0 fully saturated rings. The summed E-state index contributed by atoms with van der Waals surface area (Å²) in [6.45, 7) is 3.46. The summed E-state index contributed by atoms with van der Waals surface area (Å²) >= 11 is 0. The SMILES string of the molecule is COc1cc(C)c(S(=O)(=O)Nc2cc(OC)ccc2OC)c(C)c1. The second-order valence-electron chi connectivity index (χ2n) is 5.26. The lowest BCUT2D eigenvalue weighted by Gasteiger charge is -2.16. The van der Waals surface area contributed by atoms with Gasteiger partial charge < -0.3 is 14.2 Å². The number of ether oxygens (including phenoxy) is 3. The predicted molar refractivity (Wildman–Crippen MR) is 92.8 cm³/mol. The largest absolute Gasteiger partial charge is 0.497 e. The van der Waals surface area contributed by atoms with E-state index in [0.29, 0.717) is 34.1 Å². The Bertz CT molecular complexity index is 823. The number of aryl methyl sites for hydroxylation is 2. The Kier molecular flexibility index (Phi) is 5.23. The van der Waals surface area contributed by atoms with Gasteiger partial charge in [-0.25, -0.2) is 8.42 Å². The summed E-state index contributed by atoms with van der Waals surface area (Å²) in [5, 5.41) is 0. The van der Waals surface area contributed by atoms with Crippen LogP contribution in [0.3, 0.4) is 0 Å². The number of rotatable bonds is 6. The van der Waals surface area contributed by atoms with Crippen LogP contribution in [-0.2, 0) is 10.0 Å². The van der Waals surface area contributed by atoms with Gasteiger partial charge in [0.2, 0.25) is 0 Å². The first-order chi connectivity index (χ1) is 11.3. The Morgan fingerprint density at radius 1 is 0.833 bits per heavy atom. The summed E-state index contributed by atoms with van der Waals surface area (Å²) in [6, 6.07) is 8.28. The van der Waals surface area contributed by atoms with Crippen molar-refractivity contribution in [3.63, 3.8) is 0 Å². The van der Waals surface area contributed by atoms with Crippen LogP contribution >= 0.6 is 0 Å². The lowest BCUT2D eigenvalue weighted by Crippen LogP contribution is -2.16. The minimum absolute atomic E-state index is 0.216. The van der Waals surface area contributed by atoms with Gasteiger partial charge in [0.25, 0.3) is 10.0 Å². The molecule has 0 aliphatic carbocycles. The average Bonchev–Trinajstić information content (AvgIpc) is 2.53. The van der Waals surface area contributed by atoms with E-state index in [4.69, 9.17) is 14.2 Å². The Morgan fingerprint density at radius 2 is 1.42 bits per heavy atom. The first-order valence-corrected chi connectivity index (χ1v) is 8.70.